The molecule has 1 aromatic heterocycles. The predicted molar refractivity (Wildman–Crippen MR) is 113 cm³/mol. The summed E-state index contributed by atoms with van der Waals surface area (Å²) in [5.41, 5.74) is 6.56. The van der Waals surface area contributed by atoms with Crippen molar-refractivity contribution >= 4 is 29.3 Å². The van der Waals surface area contributed by atoms with E-state index in [4.69, 9.17) is 14.9 Å². The lowest BCUT2D eigenvalue weighted by molar-refractivity contribution is -0.119. The zero-order valence-electron chi connectivity index (χ0n) is 17.3. The molecule has 31 heavy (non-hydrogen) atoms. The van der Waals surface area contributed by atoms with E-state index in [0.717, 1.165) is 18.8 Å². The number of halogens is 1. The van der Waals surface area contributed by atoms with Crippen LogP contribution in [0.5, 0.6) is 0 Å². The van der Waals surface area contributed by atoms with E-state index in [0.29, 0.717) is 36.9 Å². The first-order valence-electron chi connectivity index (χ1n) is 10.2. The zero-order chi connectivity index (χ0) is 22.0. The highest BCUT2D eigenvalue weighted by Crippen LogP contribution is 2.28. The van der Waals surface area contributed by atoms with Crippen LogP contribution in [0.4, 0.5) is 26.4 Å². The first-order chi connectivity index (χ1) is 14.9. The van der Waals surface area contributed by atoms with E-state index >= 15 is 0 Å². The third-order valence-corrected chi connectivity index (χ3v) is 5.47. The van der Waals surface area contributed by atoms with Crippen molar-refractivity contribution in [3.63, 3.8) is 0 Å². The molecule has 2 saturated heterocycles. The first-order valence-corrected chi connectivity index (χ1v) is 10.2. The van der Waals surface area contributed by atoms with Crippen LogP contribution in [0.25, 0.3) is 0 Å². The summed E-state index contributed by atoms with van der Waals surface area (Å²) in [6.07, 6.45) is -1.01. The van der Waals surface area contributed by atoms with Crippen LogP contribution in [-0.4, -0.2) is 62.3 Å². The Labute approximate surface area is 179 Å². The van der Waals surface area contributed by atoms with Crippen LogP contribution in [0, 0.1) is 5.82 Å². The maximum Gasteiger partial charge on any atom is 0.414 e. The molecular formula is C21H26FN5O4. The lowest BCUT2D eigenvalue weighted by atomic mass is 10.2. The quantitative estimate of drug-likeness (QED) is 0.719. The Hall–Kier alpha value is -3.27. The molecule has 2 aromatic rings. The Morgan fingerprint density at radius 1 is 1.23 bits per heavy atom. The number of hydrogen-bond donors (Lipinski definition) is 2. The summed E-state index contributed by atoms with van der Waals surface area (Å²) in [5, 5.41) is 2.62. The number of nitrogens with two attached hydrogens (primary N) is 1. The lowest BCUT2D eigenvalue weighted by Gasteiger charge is -2.36. The Bertz CT molecular complexity index is 957. The highest BCUT2D eigenvalue weighted by Gasteiger charge is 2.33. The predicted octanol–water partition coefficient (Wildman–Crippen LogP) is 1.78. The summed E-state index contributed by atoms with van der Waals surface area (Å²) in [6.45, 7) is 5.45. The van der Waals surface area contributed by atoms with Crippen molar-refractivity contribution in [2.45, 2.75) is 19.6 Å². The van der Waals surface area contributed by atoms with Gasteiger partial charge in [-0.15, -0.1) is 0 Å². The largest absolute Gasteiger partial charge is 0.445 e. The molecule has 0 spiro atoms. The Balaban J connectivity index is 1.35. The Kier molecular flexibility index (Phi) is 5.99. The second-order valence-corrected chi connectivity index (χ2v) is 7.76. The van der Waals surface area contributed by atoms with Gasteiger partial charge >= 0.3 is 6.09 Å². The van der Waals surface area contributed by atoms with Gasteiger partial charge in [0, 0.05) is 39.2 Å². The first kappa shape index (κ1) is 21.0. The minimum Gasteiger partial charge on any atom is -0.445 e. The number of nitrogens with zero attached hydrogens (tertiary/aromatic N) is 3. The number of hydrogen-bond acceptors (Lipinski definition) is 7. The molecule has 3 N–H and O–H groups in total. The molecule has 4 rings (SSSR count). The summed E-state index contributed by atoms with van der Waals surface area (Å²) in [7, 11) is 0. The van der Waals surface area contributed by atoms with Crippen LogP contribution < -0.4 is 20.9 Å². The molecule has 9 nitrogen and oxygen atoms in total. The normalized spacial score (nSPS) is 19.5. The number of anilines is 3. The number of cyclic esters (lactones) is 1. The van der Waals surface area contributed by atoms with Gasteiger partial charge in [-0.25, -0.2) is 9.18 Å². The van der Waals surface area contributed by atoms with E-state index in [2.05, 4.69) is 10.2 Å². The number of piperazine rings is 1. The van der Waals surface area contributed by atoms with Gasteiger partial charge in [0.15, 0.2) is 5.88 Å². The number of carbonyl (C=O) groups is 2. The summed E-state index contributed by atoms with van der Waals surface area (Å²) in [6, 6.07) is 8.38. The number of furan rings is 1. The standard InChI is InChI=1S/C21H26FN5O4/c1-14(28)24-11-17-13-27(21(29)31-17)15-2-4-19(18(22)10-15)26-8-6-25(7-9-26)12-16-3-5-20(23)30-16/h2-5,10,17H,6-9,11-13,23H2,1H3,(H,24,28)/t17-/m0/s1. The molecule has 3 heterocycles. The monoisotopic (exact) mass is 431 g/mol. The van der Waals surface area contributed by atoms with Gasteiger partial charge in [0.25, 0.3) is 0 Å². The highest BCUT2D eigenvalue weighted by molar-refractivity contribution is 5.90. The van der Waals surface area contributed by atoms with E-state index in [1.807, 2.05) is 11.0 Å². The van der Waals surface area contributed by atoms with Crippen molar-refractivity contribution in [1.29, 1.82) is 0 Å². The van der Waals surface area contributed by atoms with Crippen LogP contribution in [0.3, 0.4) is 0 Å². The van der Waals surface area contributed by atoms with Gasteiger partial charge in [-0.2, -0.15) is 0 Å². The number of amides is 2. The molecule has 0 bridgehead atoms. The van der Waals surface area contributed by atoms with Gasteiger partial charge in [-0.05, 0) is 24.3 Å². The van der Waals surface area contributed by atoms with Crippen molar-refractivity contribution < 1.29 is 23.1 Å². The molecule has 0 radical (unpaired) electrons. The van der Waals surface area contributed by atoms with E-state index in [-0.39, 0.29) is 24.8 Å². The number of carbonyl (C=O) groups excluding carboxylic acids is 2. The Morgan fingerprint density at radius 3 is 2.65 bits per heavy atom. The zero-order valence-corrected chi connectivity index (χ0v) is 17.3. The number of nitrogens with one attached hydrogen (secondary N) is 1. The summed E-state index contributed by atoms with van der Waals surface area (Å²) >= 11 is 0. The number of rotatable bonds is 6. The number of nitrogen functional groups attached to an aromatic ring is 1. The van der Waals surface area contributed by atoms with Gasteiger partial charge < -0.3 is 25.1 Å². The van der Waals surface area contributed by atoms with Gasteiger partial charge in [0.2, 0.25) is 5.91 Å². The average molecular weight is 431 g/mol. The van der Waals surface area contributed by atoms with Crippen LogP contribution in [0.1, 0.15) is 12.7 Å². The Morgan fingerprint density at radius 2 is 2.00 bits per heavy atom. The second-order valence-electron chi connectivity index (χ2n) is 7.76. The molecule has 2 amide bonds. The maximum atomic E-state index is 14.9. The van der Waals surface area contributed by atoms with Crippen molar-refractivity contribution in [2.24, 2.45) is 0 Å². The van der Waals surface area contributed by atoms with Gasteiger partial charge in [-0.3, -0.25) is 14.6 Å². The molecular weight excluding hydrogens is 405 g/mol. The van der Waals surface area contributed by atoms with E-state index in [9.17, 15) is 14.0 Å². The third kappa shape index (κ3) is 4.91. The minimum atomic E-state index is -0.547. The topological polar surface area (TPSA) is 104 Å². The van der Waals surface area contributed by atoms with Crippen LogP contribution in [0.15, 0.2) is 34.7 Å². The third-order valence-electron chi connectivity index (χ3n) is 5.47. The van der Waals surface area contributed by atoms with Gasteiger partial charge in [-0.1, -0.05) is 0 Å². The van der Waals surface area contributed by atoms with Gasteiger partial charge in [0.1, 0.15) is 17.7 Å². The molecule has 0 unspecified atom stereocenters. The molecule has 1 atom stereocenters. The molecule has 2 fully saturated rings. The highest BCUT2D eigenvalue weighted by atomic mass is 19.1. The van der Waals surface area contributed by atoms with E-state index in [1.165, 1.54) is 17.9 Å². The average Bonchev–Trinajstić information content (AvgIpc) is 3.32. The summed E-state index contributed by atoms with van der Waals surface area (Å²) in [4.78, 5) is 28.8. The fourth-order valence-electron chi connectivity index (χ4n) is 3.86. The van der Waals surface area contributed by atoms with Crippen molar-refractivity contribution in [3.8, 4) is 0 Å². The molecule has 166 valence electrons. The minimum absolute atomic E-state index is 0.196. The fourth-order valence-corrected chi connectivity index (χ4v) is 3.86. The van der Waals surface area contributed by atoms with Crippen LogP contribution in [0.2, 0.25) is 0 Å². The molecule has 0 aliphatic carbocycles. The van der Waals surface area contributed by atoms with E-state index < -0.39 is 12.2 Å². The molecule has 0 saturated carbocycles. The fraction of sp³-hybridized carbons (Fsp3) is 0.429. The van der Waals surface area contributed by atoms with E-state index in [1.54, 1.807) is 18.2 Å². The molecule has 10 heteroatoms. The van der Waals surface area contributed by atoms with Crippen LogP contribution >= 0.6 is 0 Å². The van der Waals surface area contributed by atoms with Gasteiger partial charge in [0.05, 0.1) is 31.0 Å². The number of ether oxygens (including phenoxy) is 1. The van der Waals surface area contributed by atoms with Crippen LogP contribution in [-0.2, 0) is 16.1 Å². The SMILES string of the molecule is CC(=O)NC[C@H]1CN(c2ccc(N3CCN(Cc4ccc(N)o4)CC3)c(F)c2)C(=O)O1. The molecule has 2 aliphatic rings. The van der Waals surface area contributed by atoms with Crippen molar-refractivity contribution in [2.75, 3.05) is 54.8 Å². The lowest BCUT2D eigenvalue weighted by Crippen LogP contribution is -2.46. The summed E-state index contributed by atoms with van der Waals surface area (Å²) in [5.74, 6) is 0.635. The second kappa shape index (κ2) is 8.84. The number of benzene rings is 1. The van der Waals surface area contributed by atoms with Crippen molar-refractivity contribution in [1.82, 2.24) is 10.2 Å². The summed E-state index contributed by atoms with van der Waals surface area (Å²) < 4.78 is 25.6. The molecule has 2 aliphatic heterocycles. The maximum absolute atomic E-state index is 14.9. The smallest absolute Gasteiger partial charge is 0.414 e. The van der Waals surface area contributed by atoms with Crippen molar-refractivity contribution in [3.05, 3.63) is 41.9 Å². The molecule has 1 aromatic carbocycles.